The topological polar surface area (TPSA) is 67.1 Å². The molecule has 94 valence electrons. The van der Waals surface area contributed by atoms with E-state index in [9.17, 15) is 0 Å². The number of likely N-dealkylation sites (tertiary alicyclic amines) is 1. The summed E-state index contributed by atoms with van der Waals surface area (Å²) in [5.41, 5.74) is 6.41. The van der Waals surface area contributed by atoms with E-state index in [0.29, 0.717) is 11.7 Å². The second-order valence-electron chi connectivity index (χ2n) is 4.73. The van der Waals surface area contributed by atoms with Crippen LogP contribution in [0.4, 0.5) is 11.5 Å². The molecule has 0 aromatic carbocycles. The number of rotatable bonds is 4. The molecule has 0 amide bonds. The molecule has 1 fully saturated rings. The van der Waals surface area contributed by atoms with Crippen molar-refractivity contribution in [2.75, 3.05) is 30.7 Å². The van der Waals surface area contributed by atoms with Gasteiger partial charge in [-0.1, -0.05) is 6.42 Å². The fourth-order valence-corrected chi connectivity index (χ4v) is 2.27. The molecule has 1 unspecified atom stereocenters. The number of piperidine rings is 1. The third-order valence-corrected chi connectivity index (χ3v) is 3.10. The molecule has 1 saturated heterocycles. The minimum atomic E-state index is 0.352. The number of nitrogens with two attached hydrogens (primary N) is 1. The quantitative estimate of drug-likeness (QED) is 0.824. The van der Waals surface area contributed by atoms with Gasteiger partial charge in [0.2, 0.25) is 0 Å². The highest BCUT2D eigenvalue weighted by atomic mass is 15.2. The highest BCUT2D eigenvalue weighted by Gasteiger charge is 2.14. The van der Waals surface area contributed by atoms with Crippen molar-refractivity contribution in [2.45, 2.75) is 32.2 Å². The molecule has 0 spiro atoms. The van der Waals surface area contributed by atoms with Gasteiger partial charge in [-0.25, -0.2) is 9.97 Å². The van der Waals surface area contributed by atoms with Crippen LogP contribution < -0.4 is 11.1 Å². The maximum Gasteiger partial charge on any atom is 0.152 e. The normalized spacial score (nSPS) is 18.9. The van der Waals surface area contributed by atoms with Gasteiger partial charge < -0.3 is 16.0 Å². The van der Waals surface area contributed by atoms with Gasteiger partial charge in [0.25, 0.3) is 0 Å². The van der Waals surface area contributed by atoms with Crippen LogP contribution in [-0.4, -0.2) is 40.5 Å². The van der Waals surface area contributed by atoms with Crippen LogP contribution in [0.2, 0.25) is 0 Å². The molecular weight excluding hydrogens is 214 g/mol. The molecule has 1 aromatic rings. The lowest BCUT2D eigenvalue weighted by Gasteiger charge is -2.29. The molecular formula is C12H21N5. The van der Waals surface area contributed by atoms with Gasteiger partial charge in [-0.2, -0.15) is 0 Å². The number of nitrogens with zero attached hydrogens (tertiary/aromatic N) is 3. The summed E-state index contributed by atoms with van der Waals surface area (Å²) in [6.45, 7) is 5.64. The van der Waals surface area contributed by atoms with Crippen LogP contribution in [0.3, 0.4) is 0 Å². The zero-order valence-corrected chi connectivity index (χ0v) is 10.4. The molecule has 2 heterocycles. The Bertz CT molecular complexity index is 349. The van der Waals surface area contributed by atoms with Gasteiger partial charge in [0, 0.05) is 12.6 Å². The molecule has 0 bridgehead atoms. The fourth-order valence-electron chi connectivity index (χ4n) is 2.27. The van der Waals surface area contributed by atoms with E-state index in [0.717, 1.165) is 12.4 Å². The van der Waals surface area contributed by atoms with Crippen molar-refractivity contribution >= 4 is 11.5 Å². The van der Waals surface area contributed by atoms with Gasteiger partial charge in [-0.3, -0.25) is 0 Å². The smallest absolute Gasteiger partial charge is 0.152 e. The Morgan fingerprint density at radius 3 is 2.88 bits per heavy atom. The predicted octanol–water partition coefficient (Wildman–Crippen LogP) is 1.35. The van der Waals surface area contributed by atoms with Crippen molar-refractivity contribution in [1.29, 1.82) is 0 Å². The van der Waals surface area contributed by atoms with Crippen LogP contribution in [0.25, 0.3) is 0 Å². The van der Waals surface area contributed by atoms with Crippen molar-refractivity contribution in [2.24, 2.45) is 0 Å². The van der Waals surface area contributed by atoms with Crippen molar-refractivity contribution in [3.63, 3.8) is 0 Å². The number of hydrogen-bond donors (Lipinski definition) is 2. The maximum absolute atomic E-state index is 5.80. The average Bonchev–Trinajstić information content (AvgIpc) is 2.33. The number of hydrogen-bond acceptors (Lipinski definition) is 5. The molecule has 2 rings (SSSR count). The van der Waals surface area contributed by atoms with E-state index in [-0.39, 0.29) is 0 Å². The lowest BCUT2D eigenvalue weighted by Crippen LogP contribution is -2.38. The average molecular weight is 235 g/mol. The first-order valence-electron chi connectivity index (χ1n) is 6.30. The monoisotopic (exact) mass is 235 g/mol. The third-order valence-electron chi connectivity index (χ3n) is 3.10. The van der Waals surface area contributed by atoms with E-state index >= 15 is 0 Å². The summed E-state index contributed by atoms with van der Waals surface area (Å²) in [7, 11) is 0. The molecule has 1 aliphatic rings. The molecule has 1 aliphatic heterocycles. The molecule has 5 heteroatoms. The maximum atomic E-state index is 5.80. The second kappa shape index (κ2) is 5.82. The first-order chi connectivity index (χ1) is 8.25. The second-order valence-corrected chi connectivity index (χ2v) is 4.73. The molecule has 1 aromatic heterocycles. The Balaban J connectivity index is 1.84. The van der Waals surface area contributed by atoms with Gasteiger partial charge in [0.15, 0.2) is 5.82 Å². The molecule has 0 saturated carbocycles. The molecule has 1 atom stereocenters. The lowest BCUT2D eigenvalue weighted by atomic mass is 10.1. The van der Waals surface area contributed by atoms with Gasteiger partial charge in [0.05, 0.1) is 11.9 Å². The van der Waals surface area contributed by atoms with E-state index in [4.69, 9.17) is 5.73 Å². The Labute approximate surface area is 102 Å². The molecule has 0 radical (unpaired) electrons. The summed E-state index contributed by atoms with van der Waals surface area (Å²) < 4.78 is 0. The number of aromatic nitrogens is 2. The minimum absolute atomic E-state index is 0.352. The van der Waals surface area contributed by atoms with Crippen molar-refractivity contribution in [1.82, 2.24) is 14.9 Å². The summed E-state index contributed by atoms with van der Waals surface area (Å²) in [5.74, 6) is 0.740. The summed E-state index contributed by atoms with van der Waals surface area (Å²) in [5, 5.41) is 3.34. The summed E-state index contributed by atoms with van der Waals surface area (Å²) in [6, 6.07) is 0.352. The van der Waals surface area contributed by atoms with E-state index in [2.05, 4.69) is 27.1 Å². The zero-order chi connectivity index (χ0) is 12.1. The van der Waals surface area contributed by atoms with Crippen LogP contribution >= 0.6 is 0 Å². The van der Waals surface area contributed by atoms with Gasteiger partial charge in [-0.15, -0.1) is 0 Å². The summed E-state index contributed by atoms with van der Waals surface area (Å²) in [4.78, 5) is 10.5. The van der Waals surface area contributed by atoms with Gasteiger partial charge in [-0.05, 0) is 32.9 Å². The van der Waals surface area contributed by atoms with Gasteiger partial charge in [0.1, 0.15) is 6.33 Å². The predicted molar refractivity (Wildman–Crippen MR) is 69.8 cm³/mol. The number of nitrogen functional groups attached to an aromatic ring is 1. The van der Waals surface area contributed by atoms with Crippen molar-refractivity contribution in [3.05, 3.63) is 12.5 Å². The Hall–Kier alpha value is -1.36. The zero-order valence-electron chi connectivity index (χ0n) is 10.4. The van der Waals surface area contributed by atoms with Crippen LogP contribution in [-0.2, 0) is 0 Å². The van der Waals surface area contributed by atoms with E-state index < -0.39 is 0 Å². The highest BCUT2D eigenvalue weighted by molar-refractivity contribution is 5.59. The summed E-state index contributed by atoms with van der Waals surface area (Å²) >= 11 is 0. The van der Waals surface area contributed by atoms with Crippen LogP contribution in [0.15, 0.2) is 12.5 Å². The first-order valence-corrected chi connectivity index (χ1v) is 6.30. The molecule has 0 aliphatic carbocycles. The largest absolute Gasteiger partial charge is 0.394 e. The Morgan fingerprint density at radius 1 is 1.41 bits per heavy atom. The molecule has 17 heavy (non-hydrogen) atoms. The summed E-state index contributed by atoms with van der Waals surface area (Å²) in [6.07, 6.45) is 7.16. The van der Waals surface area contributed by atoms with Gasteiger partial charge >= 0.3 is 0 Å². The fraction of sp³-hybridized carbons (Fsp3) is 0.667. The van der Waals surface area contributed by atoms with Crippen LogP contribution in [0.5, 0.6) is 0 Å². The van der Waals surface area contributed by atoms with Crippen LogP contribution in [0, 0.1) is 0 Å². The minimum Gasteiger partial charge on any atom is -0.394 e. The molecule has 5 nitrogen and oxygen atoms in total. The van der Waals surface area contributed by atoms with Crippen molar-refractivity contribution < 1.29 is 0 Å². The highest BCUT2D eigenvalue weighted by Crippen LogP contribution is 2.14. The van der Waals surface area contributed by atoms with Crippen molar-refractivity contribution in [3.8, 4) is 0 Å². The third kappa shape index (κ3) is 3.56. The number of nitrogens with one attached hydrogen (secondary N) is 1. The first kappa shape index (κ1) is 12.1. The van der Waals surface area contributed by atoms with E-state index in [1.54, 1.807) is 6.20 Å². The Morgan fingerprint density at radius 2 is 2.18 bits per heavy atom. The Kier molecular flexibility index (Phi) is 4.14. The lowest BCUT2D eigenvalue weighted by molar-refractivity contribution is 0.223. The van der Waals surface area contributed by atoms with Crippen LogP contribution in [0.1, 0.15) is 26.2 Å². The standard InChI is InChI=1S/C12H21N5/c1-10(8-17-5-3-2-4-6-17)16-12-11(13)7-14-9-15-12/h7,9-10H,2-6,8,13H2,1H3,(H,14,15,16). The van der Waals surface area contributed by atoms with E-state index in [1.165, 1.54) is 38.7 Å². The van der Waals surface area contributed by atoms with E-state index in [1.807, 2.05) is 0 Å². The number of anilines is 2. The SMILES string of the molecule is CC(CN1CCCCC1)Nc1ncncc1N. The molecule has 3 N–H and O–H groups in total.